The van der Waals surface area contributed by atoms with E-state index in [1.807, 2.05) is 0 Å². The van der Waals surface area contributed by atoms with Crippen LogP contribution in [-0.2, 0) is 0 Å². The zero-order valence-corrected chi connectivity index (χ0v) is 10.4. The predicted octanol–water partition coefficient (Wildman–Crippen LogP) is 2.25. The molecule has 0 radical (unpaired) electrons. The molecule has 0 aliphatic heterocycles. The average molecular weight is 198 g/mol. The maximum atomic E-state index is 3.58. The van der Waals surface area contributed by atoms with Crippen molar-refractivity contribution < 1.29 is 0 Å². The summed E-state index contributed by atoms with van der Waals surface area (Å²) >= 11 is 0. The SMILES string of the molecule is CCN(C(C)CNC(C)(C)C)C1CC1. The van der Waals surface area contributed by atoms with Gasteiger partial charge in [-0.25, -0.2) is 0 Å². The molecule has 1 aliphatic rings. The van der Waals surface area contributed by atoms with Crippen LogP contribution in [-0.4, -0.2) is 35.6 Å². The third kappa shape index (κ3) is 3.97. The van der Waals surface area contributed by atoms with Crippen LogP contribution in [0.4, 0.5) is 0 Å². The molecule has 1 aliphatic carbocycles. The molecular formula is C12H26N2. The van der Waals surface area contributed by atoms with Crippen LogP contribution in [0.1, 0.15) is 47.5 Å². The van der Waals surface area contributed by atoms with Crippen LogP contribution in [0, 0.1) is 0 Å². The molecule has 1 atom stereocenters. The van der Waals surface area contributed by atoms with Gasteiger partial charge in [0.1, 0.15) is 0 Å². The van der Waals surface area contributed by atoms with Gasteiger partial charge in [-0.3, -0.25) is 4.90 Å². The molecule has 1 rings (SSSR count). The summed E-state index contributed by atoms with van der Waals surface area (Å²) in [6.07, 6.45) is 2.82. The maximum absolute atomic E-state index is 3.58. The van der Waals surface area contributed by atoms with E-state index in [0.29, 0.717) is 6.04 Å². The first-order valence-electron chi connectivity index (χ1n) is 5.95. The Morgan fingerprint density at radius 2 is 1.93 bits per heavy atom. The molecule has 0 heterocycles. The van der Waals surface area contributed by atoms with E-state index in [-0.39, 0.29) is 5.54 Å². The van der Waals surface area contributed by atoms with Crippen molar-refractivity contribution in [2.24, 2.45) is 0 Å². The summed E-state index contributed by atoms with van der Waals surface area (Å²) in [5.41, 5.74) is 0.247. The second-order valence-corrected chi connectivity index (χ2v) is 5.54. The molecular weight excluding hydrogens is 172 g/mol. The minimum Gasteiger partial charge on any atom is -0.311 e. The Labute approximate surface area is 89.1 Å². The van der Waals surface area contributed by atoms with Gasteiger partial charge < -0.3 is 5.32 Å². The summed E-state index contributed by atoms with van der Waals surface area (Å²) < 4.78 is 0. The van der Waals surface area contributed by atoms with Crippen LogP contribution in [0.5, 0.6) is 0 Å². The molecule has 0 aromatic heterocycles. The Balaban J connectivity index is 2.28. The van der Waals surface area contributed by atoms with Crippen molar-refractivity contribution in [2.75, 3.05) is 13.1 Å². The average Bonchev–Trinajstić information content (AvgIpc) is 2.85. The van der Waals surface area contributed by atoms with E-state index in [9.17, 15) is 0 Å². The van der Waals surface area contributed by atoms with Gasteiger partial charge in [-0.2, -0.15) is 0 Å². The Morgan fingerprint density at radius 1 is 1.36 bits per heavy atom. The normalized spacial score (nSPS) is 20.1. The number of hydrogen-bond donors (Lipinski definition) is 1. The predicted molar refractivity (Wildman–Crippen MR) is 62.6 cm³/mol. The number of hydrogen-bond acceptors (Lipinski definition) is 2. The lowest BCUT2D eigenvalue weighted by atomic mass is 10.1. The third-order valence-corrected chi connectivity index (χ3v) is 2.87. The third-order valence-electron chi connectivity index (χ3n) is 2.87. The summed E-state index contributed by atoms with van der Waals surface area (Å²) in [6, 6.07) is 1.56. The smallest absolute Gasteiger partial charge is 0.0195 e. The molecule has 0 amide bonds. The first-order valence-corrected chi connectivity index (χ1v) is 5.95. The maximum Gasteiger partial charge on any atom is 0.0195 e. The van der Waals surface area contributed by atoms with E-state index in [1.54, 1.807) is 0 Å². The van der Waals surface area contributed by atoms with E-state index in [0.717, 1.165) is 12.6 Å². The van der Waals surface area contributed by atoms with E-state index in [2.05, 4.69) is 44.8 Å². The zero-order valence-electron chi connectivity index (χ0n) is 10.4. The van der Waals surface area contributed by atoms with Crippen LogP contribution in [0.2, 0.25) is 0 Å². The quantitative estimate of drug-likeness (QED) is 0.729. The van der Waals surface area contributed by atoms with Gasteiger partial charge in [-0.05, 0) is 47.1 Å². The summed E-state index contributed by atoms with van der Waals surface area (Å²) in [4.78, 5) is 2.62. The molecule has 0 saturated heterocycles. The van der Waals surface area contributed by atoms with Crippen molar-refractivity contribution in [3.8, 4) is 0 Å². The van der Waals surface area contributed by atoms with E-state index in [1.165, 1.54) is 19.4 Å². The summed E-state index contributed by atoms with van der Waals surface area (Å²) in [6.45, 7) is 13.6. The van der Waals surface area contributed by atoms with Gasteiger partial charge in [-0.15, -0.1) is 0 Å². The van der Waals surface area contributed by atoms with Crippen molar-refractivity contribution in [2.45, 2.75) is 65.1 Å². The molecule has 1 saturated carbocycles. The standard InChI is InChI=1S/C12H26N2/c1-6-14(11-7-8-11)10(2)9-13-12(3,4)5/h10-11,13H,6-9H2,1-5H3. The van der Waals surface area contributed by atoms with Gasteiger partial charge in [0.25, 0.3) is 0 Å². The van der Waals surface area contributed by atoms with Crippen LogP contribution in [0.25, 0.3) is 0 Å². The summed E-state index contributed by atoms with van der Waals surface area (Å²) in [5, 5.41) is 3.58. The highest BCUT2D eigenvalue weighted by molar-refractivity contribution is 4.88. The fourth-order valence-electron chi connectivity index (χ4n) is 1.91. The lowest BCUT2D eigenvalue weighted by Gasteiger charge is -2.31. The van der Waals surface area contributed by atoms with E-state index < -0.39 is 0 Å². The second-order valence-electron chi connectivity index (χ2n) is 5.54. The molecule has 1 N–H and O–H groups in total. The largest absolute Gasteiger partial charge is 0.311 e. The second kappa shape index (κ2) is 4.63. The molecule has 0 aromatic rings. The topological polar surface area (TPSA) is 15.3 Å². The summed E-state index contributed by atoms with van der Waals surface area (Å²) in [7, 11) is 0. The van der Waals surface area contributed by atoms with Crippen molar-refractivity contribution in [3.05, 3.63) is 0 Å². The lowest BCUT2D eigenvalue weighted by Crippen LogP contribution is -2.47. The number of rotatable bonds is 5. The molecule has 0 spiro atoms. The first-order chi connectivity index (χ1) is 6.44. The minimum atomic E-state index is 0.247. The van der Waals surface area contributed by atoms with Crippen LogP contribution >= 0.6 is 0 Å². The Morgan fingerprint density at radius 3 is 2.29 bits per heavy atom. The number of likely N-dealkylation sites (N-methyl/N-ethyl adjacent to an activating group) is 1. The first kappa shape index (κ1) is 12.0. The fourth-order valence-corrected chi connectivity index (χ4v) is 1.91. The van der Waals surface area contributed by atoms with Gasteiger partial charge >= 0.3 is 0 Å². The monoisotopic (exact) mass is 198 g/mol. The molecule has 1 unspecified atom stereocenters. The van der Waals surface area contributed by atoms with Crippen molar-refractivity contribution in [3.63, 3.8) is 0 Å². The van der Waals surface area contributed by atoms with Gasteiger partial charge in [0, 0.05) is 24.2 Å². The Bertz CT molecular complexity index is 168. The van der Waals surface area contributed by atoms with E-state index in [4.69, 9.17) is 0 Å². The molecule has 0 bridgehead atoms. The number of nitrogens with zero attached hydrogens (tertiary/aromatic N) is 1. The number of nitrogens with one attached hydrogen (secondary N) is 1. The van der Waals surface area contributed by atoms with Crippen molar-refractivity contribution in [1.82, 2.24) is 10.2 Å². The molecule has 2 heteroatoms. The molecule has 2 nitrogen and oxygen atoms in total. The van der Waals surface area contributed by atoms with Crippen LogP contribution < -0.4 is 5.32 Å². The highest BCUT2D eigenvalue weighted by Gasteiger charge is 2.30. The Kier molecular flexibility index (Phi) is 3.96. The zero-order chi connectivity index (χ0) is 10.8. The molecule has 14 heavy (non-hydrogen) atoms. The van der Waals surface area contributed by atoms with Gasteiger partial charge in [-0.1, -0.05) is 6.92 Å². The molecule has 0 aromatic carbocycles. The van der Waals surface area contributed by atoms with Gasteiger partial charge in [0.2, 0.25) is 0 Å². The molecule has 1 fully saturated rings. The van der Waals surface area contributed by atoms with E-state index >= 15 is 0 Å². The minimum absolute atomic E-state index is 0.247. The van der Waals surface area contributed by atoms with Gasteiger partial charge in [0.15, 0.2) is 0 Å². The molecule has 84 valence electrons. The highest BCUT2D eigenvalue weighted by Crippen LogP contribution is 2.28. The van der Waals surface area contributed by atoms with Crippen molar-refractivity contribution >= 4 is 0 Å². The fraction of sp³-hybridized carbons (Fsp3) is 1.00. The Hall–Kier alpha value is -0.0800. The lowest BCUT2D eigenvalue weighted by molar-refractivity contribution is 0.194. The van der Waals surface area contributed by atoms with Crippen molar-refractivity contribution in [1.29, 1.82) is 0 Å². The highest BCUT2D eigenvalue weighted by atomic mass is 15.2. The summed E-state index contributed by atoms with van der Waals surface area (Å²) in [5.74, 6) is 0. The van der Waals surface area contributed by atoms with Gasteiger partial charge in [0.05, 0.1) is 0 Å². The van der Waals surface area contributed by atoms with Crippen LogP contribution in [0.3, 0.4) is 0 Å². The van der Waals surface area contributed by atoms with Crippen LogP contribution in [0.15, 0.2) is 0 Å².